The van der Waals surface area contributed by atoms with Gasteiger partial charge in [0.2, 0.25) is 0 Å². The van der Waals surface area contributed by atoms with Crippen LogP contribution in [0.1, 0.15) is 0 Å². The predicted octanol–water partition coefficient (Wildman–Crippen LogP) is 6.28. The van der Waals surface area contributed by atoms with E-state index in [0.717, 1.165) is 8.27 Å². The van der Waals surface area contributed by atoms with Crippen LogP contribution in [0.15, 0.2) is 91.0 Å². The van der Waals surface area contributed by atoms with E-state index in [1.807, 2.05) is 23.4 Å². The molecular formula is C18H16Cl2P3Ru. The molecule has 3 unspecified atom stereocenters. The number of hydrogen-bond acceptors (Lipinski definition) is 0. The summed E-state index contributed by atoms with van der Waals surface area (Å²) < 4.78 is 0. The van der Waals surface area contributed by atoms with Crippen LogP contribution in [0.4, 0.5) is 0 Å². The molecule has 0 bridgehead atoms. The summed E-state index contributed by atoms with van der Waals surface area (Å²) in [7, 11) is 4.90. The second-order valence-corrected chi connectivity index (χ2v) is 15.0. The Morgan fingerprint density at radius 2 is 1.04 bits per heavy atom. The van der Waals surface area contributed by atoms with Gasteiger partial charge in [0.25, 0.3) is 0 Å². The van der Waals surface area contributed by atoms with Gasteiger partial charge in [-0.05, 0) is 23.2 Å². The molecule has 3 aromatic rings. The Hall–Kier alpha value is 0.153. The SMILES string of the molecule is ClP(c1ccccc1)P(Pc1ccccc1)c1ccccc1.[Cl][Ru]. The van der Waals surface area contributed by atoms with Gasteiger partial charge in [-0.3, -0.25) is 0 Å². The van der Waals surface area contributed by atoms with E-state index in [9.17, 15) is 0 Å². The zero-order valence-electron chi connectivity index (χ0n) is 12.7. The van der Waals surface area contributed by atoms with Crippen molar-refractivity contribution in [2.75, 3.05) is 0 Å². The van der Waals surface area contributed by atoms with E-state index in [0.29, 0.717) is 0 Å². The molecule has 3 atom stereocenters. The van der Waals surface area contributed by atoms with Crippen LogP contribution < -0.4 is 15.9 Å². The fraction of sp³-hybridized carbons (Fsp3) is 0. The Labute approximate surface area is 166 Å². The molecule has 0 saturated carbocycles. The monoisotopic (exact) mass is 497 g/mol. The molecule has 3 aromatic carbocycles. The van der Waals surface area contributed by atoms with Gasteiger partial charge in [0, 0.05) is 0 Å². The molecule has 0 aliphatic heterocycles. The second kappa shape index (κ2) is 11.7. The summed E-state index contributed by atoms with van der Waals surface area (Å²) in [5.41, 5.74) is 0. The van der Waals surface area contributed by atoms with Crippen molar-refractivity contribution in [1.82, 2.24) is 0 Å². The molecule has 0 aliphatic rings. The first-order valence-electron chi connectivity index (χ1n) is 7.16. The first-order valence-corrected chi connectivity index (χ1v) is 15.5. The predicted molar refractivity (Wildman–Crippen MR) is 112 cm³/mol. The maximum absolute atomic E-state index is 6.96. The van der Waals surface area contributed by atoms with Crippen molar-refractivity contribution < 1.29 is 17.3 Å². The molecule has 0 saturated heterocycles. The van der Waals surface area contributed by atoms with E-state index >= 15 is 0 Å². The van der Waals surface area contributed by atoms with Crippen molar-refractivity contribution in [1.29, 1.82) is 0 Å². The normalized spacial score (nSPS) is 13.1. The standard InChI is InChI=1S/C18H16ClP3.ClH.Ru/c19-21(17-12-6-2-7-13-17)22(18-14-8-3-9-15-18)20-16-10-4-1-5-11-16;;/h1-15,20H;1H;/q;;+1/p-1. The number of hydrogen-bond donors (Lipinski definition) is 0. The van der Waals surface area contributed by atoms with Crippen molar-refractivity contribution in [2.24, 2.45) is 0 Å². The Balaban J connectivity index is 0.00000100. The third-order valence-electron chi connectivity index (χ3n) is 3.15. The van der Waals surface area contributed by atoms with Gasteiger partial charge in [-0.15, -0.1) is 0 Å². The van der Waals surface area contributed by atoms with Crippen molar-refractivity contribution >= 4 is 59.4 Å². The summed E-state index contributed by atoms with van der Waals surface area (Å²) in [6.45, 7) is -0.690. The van der Waals surface area contributed by atoms with Crippen LogP contribution in [0, 0.1) is 0 Å². The fourth-order valence-electron chi connectivity index (χ4n) is 2.08. The van der Waals surface area contributed by atoms with Crippen LogP contribution >= 0.6 is 43.5 Å². The van der Waals surface area contributed by atoms with E-state index in [4.69, 9.17) is 11.2 Å². The molecule has 0 aromatic heterocycles. The van der Waals surface area contributed by atoms with E-state index in [2.05, 4.69) is 94.6 Å². The Morgan fingerprint density at radius 1 is 0.625 bits per heavy atom. The van der Waals surface area contributed by atoms with Crippen LogP contribution in [-0.4, -0.2) is 0 Å². The first-order chi connectivity index (χ1) is 11.8. The van der Waals surface area contributed by atoms with Gasteiger partial charge in [-0.25, -0.2) is 0 Å². The summed E-state index contributed by atoms with van der Waals surface area (Å²) in [6.07, 6.45) is 0. The topological polar surface area (TPSA) is 0 Å². The zero-order chi connectivity index (χ0) is 17.2. The summed E-state index contributed by atoms with van der Waals surface area (Å²) >= 11 is 8.78. The summed E-state index contributed by atoms with van der Waals surface area (Å²) in [5.74, 6) is 0. The van der Waals surface area contributed by atoms with Gasteiger partial charge in [0.15, 0.2) is 0 Å². The molecule has 0 aliphatic carbocycles. The molecule has 6 heteroatoms. The van der Waals surface area contributed by atoms with Gasteiger partial charge in [0.05, 0.1) is 6.96 Å². The molecule has 0 spiro atoms. The molecular weight excluding hydrogens is 481 g/mol. The third-order valence-corrected chi connectivity index (χ3v) is 16.2. The fourth-order valence-corrected chi connectivity index (χ4v) is 13.6. The van der Waals surface area contributed by atoms with E-state index in [-0.39, 0.29) is 0 Å². The number of benzene rings is 3. The maximum atomic E-state index is 6.96. The van der Waals surface area contributed by atoms with Gasteiger partial charge in [-0.1, -0.05) is 111 Å². The van der Waals surface area contributed by atoms with Crippen molar-refractivity contribution in [3.63, 3.8) is 0 Å². The van der Waals surface area contributed by atoms with Crippen molar-refractivity contribution in [3.8, 4) is 0 Å². The van der Waals surface area contributed by atoms with Crippen molar-refractivity contribution in [2.45, 2.75) is 0 Å². The summed E-state index contributed by atoms with van der Waals surface area (Å²) in [6, 6.07) is 32.0. The average molecular weight is 497 g/mol. The first kappa shape index (κ1) is 20.5. The van der Waals surface area contributed by atoms with Crippen molar-refractivity contribution in [3.05, 3.63) is 91.0 Å². The molecule has 0 radical (unpaired) electrons. The van der Waals surface area contributed by atoms with Gasteiger partial charge in [-0.2, -0.15) is 0 Å². The quantitative estimate of drug-likeness (QED) is 0.288. The van der Waals surface area contributed by atoms with Crippen LogP contribution in [0.5, 0.6) is 0 Å². The Kier molecular flexibility index (Phi) is 9.98. The summed E-state index contributed by atoms with van der Waals surface area (Å²) in [5, 5.41) is 4.06. The number of halogens is 2. The Bertz CT molecular complexity index is 699. The van der Waals surface area contributed by atoms with E-state index < -0.39 is 14.3 Å². The van der Waals surface area contributed by atoms with E-state index in [1.165, 1.54) is 15.9 Å². The molecule has 0 nitrogen and oxygen atoms in total. The second-order valence-electron chi connectivity index (χ2n) is 4.72. The van der Waals surface area contributed by atoms with Crippen LogP contribution in [-0.2, 0) is 17.3 Å². The number of rotatable bonds is 5. The Morgan fingerprint density at radius 3 is 1.54 bits per heavy atom. The molecule has 0 heterocycles. The van der Waals surface area contributed by atoms with Gasteiger partial charge < -0.3 is 0 Å². The molecule has 125 valence electrons. The molecule has 0 fully saturated rings. The molecule has 0 N–H and O–H groups in total. The van der Waals surface area contributed by atoms with E-state index in [1.54, 1.807) is 0 Å². The molecule has 24 heavy (non-hydrogen) atoms. The van der Waals surface area contributed by atoms with Gasteiger partial charge in [0.1, 0.15) is 0 Å². The third kappa shape index (κ3) is 6.15. The summed E-state index contributed by atoms with van der Waals surface area (Å²) in [4.78, 5) is 0. The van der Waals surface area contributed by atoms with Gasteiger partial charge >= 0.3 is 27.0 Å². The van der Waals surface area contributed by atoms with Crippen LogP contribution in [0.3, 0.4) is 0 Å². The minimum absolute atomic E-state index is 0.412. The molecule has 0 amide bonds. The average Bonchev–Trinajstić information content (AvgIpc) is 2.69. The molecule has 3 rings (SSSR count). The van der Waals surface area contributed by atoms with Crippen LogP contribution in [0.25, 0.3) is 0 Å². The zero-order valence-corrected chi connectivity index (χ0v) is 18.7. The van der Waals surface area contributed by atoms with Crippen LogP contribution in [0.2, 0.25) is 0 Å². The minimum atomic E-state index is -0.690.